The fourth-order valence-corrected chi connectivity index (χ4v) is 1.79. The Kier molecular flexibility index (Phi) is 6.16. The summed E-state index contributed by atoms with van der Waals surface area (Å²) in [5.74, 6) is 0.0954. The van der Waals surface area contributed by atoms with Crippen LogP contribution in [0.5, 0.6) is 0 Å². The van der Waals surface area contributed by atoms with Crippen molar-refractivity contribution in [2.45, 2.75) is 32.8 Å². The van der Waals surface area contributed by atoms with Gasteiger partial charge in [-0.25, -0.2) is 4.39 Å². The van der Waals surface area contributed by atoms with Gasteiger partial charge in [-0.3, -0.25) is 0 Å². The van der Waals surface area contributed by atoms with E-state index in [-0.39, 0.29) is 12.4 Å². The van der Waals surface area contributed by atoms with Crippen molar-refractivity contribution >= 4 is 0 Å². The van der Waals surface area contributed by atoms with E-state index in [2.05, 4.69) is 13.8 Å². The normalized spacial score (nSPS) is 14.6. The fourth-order valence-electron chi connectivity index (χ4n) is 1.79. The molecular weight excluding hydrogens is 219 g/mol. The van der Waals surface area contributed by atoms with Gasteiger partial charge in [0.05, 0.1) is 6.61 Å². The zero-order chi connectivity index (χ0) is 12.7. The van der Waals surface area contributed by atoms with Crippen molar-refractivity contribution < 1.29 is 14.2 Å². The highest BCUT2D eigenvalue weighted by atomic mass is 19.1. The summed E-state index contributed by atoms with van der Waals surface area (Å²) in [6.07, 6.45) is 1.35. The summed E-state index contributed by atoms with van der Waals surface area (Å²) in [5, 5.41) is 9.78. The molecule has 0 bridgehead atoms. The van der Waals surface area contributed by atoms with Gasteiger partial charge in [0.15, 0.2) is 0 Å². The Morgan fingerprint density at radius 2 is 2.00 bits per heavy atom. The third-order valence-electron chi connectivity index (χ3n) is 2.72. The van der Waals surface area contributed by atoms with Gasteiger partial charge in [-0.2, -0.15) is 0 Å². The lowest BCUT2D eigenvalue weighted by Gasteiger charge is -2.15. The molecule has 0 aliphatic rings. The Bertz CT molecular complexity index is 328. The zero-order valence-corrected chi connectivity index (χ0v) is 10.5. The van der Waals surface area contributed by atoms with Crippen LogP contribution in [0, 0.1) is 11.7 Å². The molecule has 17 heavy (non-hydrogen) atoms. The van der Waals surface area contributed by atoms with Crippen molar-refractivity contribution in [3.63, 3.8) is 0 Å². The molecule has 0 aromatic heterocycles. The minimum Gasteiger partial charge on any atom is -0.386 e. The predicted molar refractivity (Wildman–Crippen MR) is 66.3 cm³/mol. The molecule has 0 aliphatic carbocycles. The second kappa shape index (κ2) is 7.41. The lowest BCUT2D eigenvalue weighted by Crippen LogP contribution is -2.13. The van der Waals surface area contributed by atoms with Crippen LogP contribution in [-0.4, -0.2) is 18.3 Å². The molecule has 1 N–H and O–H groups in total. The van der Waals surface area contributed by atoms with Crippen LogP contribution in [-0.2, 0) is 4.74 Å². The molecule has 0 saturated heterocycles. The maximum absolute atomic E-state index is 13.3. The molecule has 2 atom stereocenters. The van der Waals surface area contributed by atoms with Crippen LogP contribution in [0.3, 0.4) is 0 Å². The van der Waals surface area contributed by atoms with Gasteiger partial charge in [0.2, 0.25) is 0 Å². The van der Waals surface area contributed by atoms with E-state index in [0.717, 1.165) is 12.8 Å². The third-order valence-corrected chi connectivity index (χ3v) is 2.72. The van der Waals surface area contributed by atoms with Gasteiger partial charge in [-0.05, 0) is 18.4 Å². The second-order valence-corrected chi connectivity index (χ2v) is 4.47. The summed E-state index contributed by atoms with van der Waals surface area (Å²) in [6, 6.07) is 6.24. The van der Waals surface area contributed by atoms with E-state index in [0.29, 0.717) is 18.1 Å². The molecular formula is C14H21FO2. The zero-order valence-electron chi connectivity index (χ0n) is 10.5. The van der Waals surface area contributed by atoms with Gasteiger partial charge in [0.25, 0.3) is 0 Å². The first-order valence-corrected chi connectivity index (χ1v) is 6.15. The van der Waals surface area contributed by atoms with E-state index in [1.807, 2.05) is 0 Å². The first-order valence-electron chi connectivity index (χ1n) is 6.15. The van der Waals surface area contributed by atoms with Crippen LogP contribution in [0.25, 0.3) is 0 Å². The van der Waals surface area contributed by atoms with Gasteiger partial charge in [-0.15, -0.1) is 0 Å². The van der Waals surface area contributed by atoms with Crippen molar-refractivity contribution in [2.24, 2.45) is 5.92 Å². The van der Waals surface area contributed by atoms with E-state index in [1.54, 1.807) is 18.2 Å². The maximum Gasteiger partial charge on any atom is 0.129 e. The minimum absolute atomic E-state index is 0.148. The van der Waals surface area contributed by atoms with E-state index in [1.165, 1.54) is 6.07 Å². The Hall–Kier alpha value is -0.930. The molecule has 0 heterocycles. The van der Waals surface area contributed by atoms with Crippen molar-refractivity contribution in [3.05, 3.63) is 35.6 Å². The van der Waals surface area contributed by atoms with Crippen LogP contribution in [0.2, 0.25) is 0 Å². The molecule has 1 aromatic rings. The Morgan fingerprint density at radius 1 is 1.29 bits per heavy atom. The Balaban J connectivity index is 2.35. The summed E-state index contributed by atoms with van der Waals surface area (Å²) < 4.78 is 18.7. The van der Waals surface area contributed by atoms with Gasteiger partial charge in [0, 0.05) is 12.2 Å². The smallest absolute Gasteiger partial charge is 0.129 e. The van der Waals surface area contributed by atoms with E-state index >= 15 is 0 Å². The molecule has 0 spiro atoms. The van der Waals surface area contributed by atoms with Gasteiger partial charge >= 0.3 is 0 Å². The van der Waals surface area contributed by atoms with Crippen LogP contribution in [0.4, 0.5) is 4.39 Å². The van der Waals surface area contributed by atoms with E-state index in [4.69, 9.17) is 4.74 Å². The topological polar surface area (TPSA) is 29.5 Å². The molecule has 0 saturated carbocycles. The molecule has 3 heteroatoms. The highest BCUT2D eigenvalue weighted by molar-refractivity contribution is 5.19. The monoisotopic (exact) mass is 240 g/mol. The molecule has 0 fully saturated rings. The molecule has 2 unspecified atom stereocenters. The van der Waals surface area contributed by atoms with Crippen LogP contribution >= 0.6 is 0 Å². The fraction of sp³-hybridized carbons (Fsp3) is 0.571. The van der Waals surface area contributed by atoms with Crippen molar-refractivity contribution in [2.75, 3.05) is 13.2 Å². The summed E-state index contributed by atoms with van der Waals surface area (Å²) in [7, 11) is 0. The van der Waals surface area contributed by atoms with Crippen LogP contribution in [0.15, 0.2) is 24.3 Å². The van der Waals surface area contributed by atoms with Crippen LogP contribution < -0.4 is 0 Å². The number of ether oxygens (including phenoxy) is 1. The summed E-state index contributed by atoms with van der Waals surface area (Å²) in [4.78, 5) is 0. The van der Waals surface area contributed by atoms with E-state index < -0.39 is 6.10 Å². The number of rotatable bonds is 7. The molecule has 0 aliphatic heterocycles. The summed E-state index contributed by atoms with van der Waals surface area (Å²) >= 11 is 0. The molecule has 1 aromatic carbocycles. The first-order chi connectivity index (χ1) is 8.15. The molecule has 2 nitrogen and oxygen atoms in total. The average molecular weight is 240 g/mol. The van der Waals surface area contributed by atoms with Crippen molar-refractivity contribution in [1.82, 2.24) is 0 Å². The summed E-state index contributed by atoms with van der Waals surface area (Å²) in [5.41, 5.74) is 0.302. The lowest BCUT2D eigenvalue weighted by atomic mass is 10.1. The van der Waals surface area contributed by atoms with E-state index in [9.17, 15) is 9.50 Å². The number of hydrogen-bond donors (Lipinski definition) is 1. The highest BCUT2D eigenvalue weighted by Gasteiger charge is 2.12. The third kappa shape index (κ3) is 4.84. The Labute approximate surface area is 102 Å². The van der Waals surface area contributed by atoms with Crippen LogP contribution in [0.1, 0.15) is 38.4 Å². The molecule has 96 valence electrons. The SMILES string of the molecule is CCCC(C)COCC(O)c1ccccc1F. The van der Waals surface area contributed by atoms with Gasteiger partial charge in [-0.1, -0.05) is 38.5 Å². The predicted octanol–water partition coefficient (Wildman–Crippen LogP) is 3.31. The maximum atomic E-state index is 13.3. The lowest BCUT2D eigenvalue weighted by molar-refractivity contribution is 0.0200. The number of aliphatic hydroxyl groups is 1. The second-order valence-electron chi connectivity index (χ2n) is 4.47. The van der Waals surface area contributed by atoms with Crippen molar-refractivity contribution in [3.8, 4) is 0 Å². The number of aliphatic hydroxyl groups excluding tert-OH is 1. The quantitative estimate of drug-likeness (QED) is 0.792. The average Bonchev–Trinajstić information content (AvgIpc) is 2.29. The summed E-state index contributed by atoms with van der Waals surface area (Å²) in [6.45, 7) is 5.00. The molecule has 0 radical (unpaired) electrons. The molecule has 0 amide bonds. The first kappa shape index (κ1) is 14.1. The standard InChI is InChI=1S/C14H21FO2/c1-3-6-11(2)9-17-10-14(16)12-7-4-5-8-13(12)15/h4-5,7-8,11,14,16H,3,6,9-10H2,1-2H3. The highest BCUT2D eigenvalue weighted by Crippen LogP contribution is 2.17. The number of hydrogen-bond acceptors (Lipinski definition) is 2. The number of benzene rings is 1. The van der Waals surface area contributed by atoms with Gasteiger partial charge in [0.1, 0.15) is 11.9 Å². The Morgan fingerprint density at radius 3 is 2.65 bits per heavy atom. The largest absolute Gasteiger partial charge is 0.386 e. The minimum atomic E-state index is -0.884. The van der Waals surface area contributed by atoms with Crippen molar-refractivity contribution in [1.29, 1.82) is 0 Å². The molecule has 1 rings (SSSR count). The van der Waals surface area contributed by atoms with Gasteiger partial charge < -0.3 is 9.84 Å². The number of halogens is 1.